The highest BCUT2D eigenvalue weighted by molar-refractivity contribution is 5.23. The third kappa shape index (κ3) is 3.10. The van der Waals surface area contributed by atoms with E-state index in [0.29, 0.717) is 32.5 Å². The fraction of sp³-hybridized carbons (Fsp3) is 1.00. The summed E-state index contributed by atoms with van der Waals surface area (Å²) in [6.07, 6.45) is 21.3. The Labute approximate surface area is 244 Å². The van der Waals surface area contributed by atoms with Crippen LogP contribution in [-0.4, -0.2) is 0 Å². The molecular weight excluding hydrogens is 468 g/mol. The van der Waals surface area contributed by atoms with E-state index < -0.39 is 0 Å². The molecule has 0 heteroatoms. The normalized spacial score (nSPS) is 62.9. The lowest BCUT2D eigenvalue weighted by atomic mass is 9.30. The zero-order valence-electron chi connectivity index (χ0n) is 28.0. The van der Waals surface area contributed by atoms with Crippen LogP contribution in [0.2, 0.25) is 0 Å². The Balaban J connectivity index is 1.22. The van der Waals surface area contributed by atoms with Crippen molar-refractivity contribution < 1.29 is 0 Å². The monoisotopic (exact) mass is 535 g/mol. The molecule has 7 aliphatic carbocycles. The predicted octanol–water partition coefficient (Wildman–Crippen LogP) is 11.6. The average Bonchev–Trinajstić information content (AvgIpc) is 3.58. The summed E-state index contributed by atoms with van der Waals surface area (Å²) in [5.41, 5.74) is 4.15. The molecule has 7 saturated carbocycles. The fourth-order valence-corrected chi connectivity index (χ4v) is 16.7. The minimum absolute atomic E-state index is 0.515. The second kappa shape index (κ2) is 8.13. The molecule has 7 fully saturated rings. The molecule has 0 aromatic heterocycles. The molecule has 39 heavy (non-hydrogen) atoms. The molecule has 10 unspecified atom stereocenters. The van der Waals surface area contributed by atoms with Crippen LogP contribution in [0.3, 0.4) is 0 Å². The Bertz CT molecular complexity index is 1010. The second-order valence-corrected chi connectivity index (χ2v) is 19.4. The Kier molecular flexibility index (Phi) is 5.80. The van der Waals surface area contributed by atoms with Gasteiger partial charge < -0.3 is 0 Å². The van der Waals surface area contributed by atoms with E-state index in [2.05, 4.69) is 69.2 Å². The molecule has 0 spiro atoms. The first-order chi connectivity index (χ1) is 18.2. The van der Waals surface area contributed by atoms with Gasteiger partial charge in [-0.1, -0.05) is 75.7 Å². The predicted molar refractivity (Wildman–Crippen MR) is 166 cm³/mol. The van der Waals surface area contributed by atoms with E-state index in [0.717, 1.165) is 52.8 Å². The summed E-state index contributed by atoms with van der Waals surface area (Å²) in [4.78, 5) is 0. The van der Waals surface area contributed by atoms with Crippen molar-refractivity contribution >= 4 is 0 Å². The van der Waals surface area contributed by atoms with E-state index in [1.807, 2.05) is 0 Å². The van der Waals surface area contributed by atoms with Gasteiger partial charge in [0, 0.05) is 0 Å². The average molecular weight is 535 g/mol. The number of hydrogen-bond donors (Lipinski definition) is 0. The topological polar surface area (TPSA) is 0 Å². The van der Waals surface area contributed by atoms with Crippen molar-refractivity contribution in [3.05, 3.63) is 0 Å². The minimum Gasteiger partial charge on any atom is -0.0651 e. The van der Waals surface area contributed by atoms with Crippen LogP contribution in [0.4, 0.5) is 0 Å². The van der Waals surface area contributed by atoms with E-state index in [1.54, 1.807) is 44.9 Å². The van der Waals surface area contributed by atoms with E-state index >= 15 is 0 Å². The number of rotatable bonds is 2. The molecule has 7 aliphatic rings. The minimum atomic E-state index is 0.515. The van der Waals surface area contributed by atoms with Crippen molar-refractivity contribution in [1.82, 2.24) is 0 Å². The first-order valence-corrected chi connectivity index (χ1v) is 18.2. The van der Waals surface area contributed by atoms with Gasteiger partial charge in [0.05, 0.1) is 0 Å². The van der Waals surface area contributed by atoms with Gasteiger partial charge >= 0.3 is 0 Å². The van der Waals surface area contributed by atoms with Crippen LogP contribution in [-0.2, 0) is 0 Å². The third-order valence-electron chi connectivity index (χ3n) is 18.7. The Morgan fingerprint density at radius 2 is 0.974 bits per heavy atom. The maximum absolute atomic E-state index is 2.87. The first-order valence-electron chi connectivity index (χ1n) is 18.2. The maximum Gasteiger partial charge on any atom is -0.0235 e. The second-order valence-electron chi connectivity index (χ2n) is 19.4. The molecule has 0 saturated heterocycles. The van der Waals surface area contributed by atoms with Gasteiger partial charge in [0.1, 0.15) is 0 Å². The molecule has 0 bridgehead atoms. The zero-order chi connectivity index (χ0) is 28.0. The van der Waals surface area contributed by atoms with E-state index in [4.69, 9.17) is 0 Å². The van der Waals surface area contributed by atoms with Crippen LogP contribution in [0.5, 0.6) is 0 Å². The van der Waals surface area contributed by atoms with Crippen molar-refractivity contribution in [3.8, 4) is 0 Å². The number of fused-ring (bicyclic) bond motifs is 10. The molecule has 0 aliphatic heterocycles. The van der Waals surface area contributed by atoms with Crippen LogP contribution in [0, 0.1) is 85.2 Å². The number of hydrogen-bond acceptors (Lipinski definition) is 0. The van der Waals surface area contributed by atoms with Gasteiger partial charge in [-0.05, 0) is 169 Å². The summed E-state index contributed by atoms with van der Waals surface area (Å²) in [7, 11) is 0. The van der Waals surface area contributed by atoms with Gasteiger partial charge in [0.15, 0.2) is 0 Å². The quantitative estimate of drug-likeness (QED) is 0.330. The van der Waals surface area contributed by atoms with Crippen molar-refractivity contribution in [1.29, 1.82) is 0 Å². The molecule has 0 heterocycles. The zero-order valence-corrected chi connectivity index (χ0v) is 28.0. The molecule has 0 aromatic carbocycles. The van der Waals surface area contributed by atoms with Gasteiger partial charge in [-0.25, -0.2) is 0 Å². The molecule has 0 radical (unpaired) electrons. The summed E-state index contributed by atoms with van der Waals surface area (Å²) in [6, 6.07) is 0. The highest BCUT2D eigenvalue weighted by Gasteiger charge is 2.74. The fourth-order valence-electron chi connectivity index (χ4n) is 16.7. The first kappa shape index (κ1) is 27.8. The molecule has 7 rings (SSSR count). The lowest BCUT2D eigenvalue weighted by Gasteiger charge is -2.74. The smallest absolute Gasteiger partial charge is 0.0235 e. The molecular formula is C39H66. The Morgan fingerprint density at radius 1 is 0.538 bits per heavy atom. The highest BCUT2D eigenvalue weighted by atomic mass is 14.8. The molecule has 0 N–H and O–H groups in total. The van der Waals surface area contributed by atoms with Crippen LogP contribution in [0.1, 0.15) is 159 Å². The lowest BCUT2D eigenvalue weighted by molar-refractivity contribution is -0.258. The summed E-state index contributed by atoms with van der Waals surface area (Å²) >= 11 is 0. The third-order valence-corrected chi connectivity index (χ3v) is 18.7. The summed E-state index contributed by atoms with van der Waals surface area (Å²) in [6.45, 7) is 27.2. The molecule has 0 nitrogen and oxygen atoms in total. The summed E-state index contributed by atoms with van der Waals surface area (Å²) < 4.78 is 0. The maximum atomic E-state index is 2.87. The Morgan fingerprint density at radius 3 is 1.49 bits per heavy atom. The molecule has 14 atom stereocenters. The SMILES string of the molecule is CC[C@H]1C2(C)CCC3C4(C)CCC5C(C)(CC[C@H]6C5(C)CC[C@@H](C)C6(C)C)C4CCC3(C)C2C[C@H]2CC21CC. The van der Waals surface area contributed by atoms with Crippen molar-refractivity contribution in [2.24, 2.45) is 85.2 Å². The Hall–Kier alpha value is 0. The molecule has 222 valence electrons. The standard InChI is InChI=1S/C39H66/c1-11-27-34(6)20-15-31-37(9)21-16-29-35(7)18-13-25(3)33(4,5)28(35)14-19-36(29,8)30(37)17-22-38(31,10)32(34)23-26-24-39(26,27)12-2/h25-32H,11-24H2,1-10H3/t25-,26+,27+,28-,29?,30?,31?,32?,34?,35?,36?,37?,38?,39?/m1/s1. The van der Waals surface area contributed by atoms with Gasteiger partial charge in [-0.3, -0.25) is 0 Å². The van der Waals surface area contributed by atoms with Crippen molar-refractivity contribution in [2.75, 3.05) is 0 Å². The van der Waals surface area contributed by atoms with Crippen LogP contribution >= 0.6 is 0 Å². The van der Waals surface area contributed by atoms with Crippen molar-refractivity contribution in [3.63, 3.8) is 0 Å². The van der Waals surface area contributed by atoms with Gasteiger partial charge in [-0.15, -0.1) is 0 Å². The summed E-state index contributed by atoms with van der Waals surface area (Å²) in [5.74, 6) is 7.76. The van der Waals surface area contributed by atoms with Gasteiger partial charge in [-0.2, -0.15) is 0 Å². The highest BCUT2D eigenvalue weighted by Crippen LogP contribution is 2.82. The van der Waals surface area contributed by atoms with Gasteiger partial charge in [0.2, 0.25) is 0 Å². The van der Waals surface area contributed by atoms with Gasteiger partial charge in [0.25, 0.3) is 0 Å². The molecule has 0 aromatic rings. The largest absolute Gasteiger partial charge is 0.0651 e. The van der Waals surface area contributed by atoms with Crippen LogP contribution in [0.15, 0.2) is 0 Å². The van der Waals surface area contributed by atoms with E-state index in [-0.39, 0.29) is 0 Å². The van der Waals surface area contributed by atoms with Crippen LogP contribution in [0.25, 0.3) is 0 Å². The lowest BCUT2D eigenvalue weighted by Crippen LogP contribution is -2.67. The van der Waals surface area contributed by atoms with Crippen LogP contribution < -0.4 is 0 Å². The van der Waals surface area contributed by atoms with Crippen molar-refractivity contribution in [2.45, 2.75) is 159 Å². The summed E-state index contributed by atoms with van der Waals surface area (Å²) in [5, 5.41) is 0. The van der Waals surface area contributed by atoms with E-state index in [1.165, 1.54) is 44.9 Å². The van der Waals surface area contributed by atoms with E-state index in [9.17, 15) is 0 Å². The molecule has 0 amide bonds.